The number of esters is 1. The second kappa shape index (κ2) is 9.97. The molecule has 0 saturated carbocycles. The molecule has 0 spiro atoms. The first kappa shape index (κ1) is 23.7. The molecule has 0 aliphatic carbocycles. The molecule has 0 amide bonds. The van der Waals surface area contributed by atoms with Crippen molar-refractivity contribution in [3.05, 3.63) is 82.4 Å². The van der Waals surface area contributed by atoms with Crippen LogP contribution in [0.5, 0.6) is 0 Å². The molecule has 2 aromatic carbocycles. The minimum atomic E-state index is -4.19. The average molecular weight is 492 g/mol. The zero-order chi connectivity index (χ0) is 22.4. The Hall–Kier alpha value is -2.55. The van der Waals surface area contributed by atoms with Gasteiger partial charge in [0.25, 0.3) is 0 Å². The summed E-state index contributed by atoms with van der Waals surface area (Å²) in [7, 11) is -4.19. The minimum absolute atomic E-state index is 0.00883. The quantitative estimate of drug-likeness (QED) is 0.327. The number of aryl methyl sites for hydroxylation is 1. The van der Waals surface area contributed by atoms with Crippen LogP contribution >= 0.6 is 15.9 Å². The van der Waals surface area contributed by atoms with Crippen LogP contribution in [-0.4, -0.2) is 32.8 Å². The number of halogens is 1. The second-order valence-corrected chi connectivity index (χ2v) is 9.07. The number of benzene rings is 2. The van der Waals surface area contributed by atoms with Gasteiger partial charge in [-0.2, -0.15) is 4.72 Å². The highest BCUT2D eigenvalue weighted by Crippen LogP contribution is 2.24. The van der Waals surface area contributed by atoms with E-state index in [1.165, 1.54) is 24.3 Å². The van der Waals surface area contributed by atoms with Crippen LogP contribution in [0.25, 0.3) is 6.08 Å². The summed E-state index contributed by atoms with van der Waals surface area (Å²) in [5.41, 5.74) is -0.850. The Kier molecular flexibility index (Phi) is 7.89. The molecule has 158 valence electrons. The van der Waals surface area contributed by atoms with Crippen molar-refractivity contribution in [2.75, 3.05) is 6.61 Å². The molecule has 0 radical (unpaired) electrons. The smallest absolute Gasteiger partial charge is 0.336 e. The standard InChI is InChI=1S/C22H22BrNO5S/c1-4-29-21(26)22(17(3)15-25,14-13-18-7-9-19(23)10-8-18)24-30(27,28)20-11-5-16(2)6-12-20/h5-15,24H,3-4H2,1-2H3/b14-13+. The molecule has 2 aromatic rings. The normalized spacial score (nSPS) is 13.6. The largest absolute Gasteiger partial charge is 0.464 e. The lowest BCUT2D eigenvalue weighted by Crippen LogP contribution is -2.55. The van der Waals surface area contributed by atoms with E-state index in [9.17, 15) is 18.0 Å². The molecule has 0 fully saturated rings. The Balaban J connectivity index is 2.59. The Bertz CT molecular complexity index is 1060. The highest BCUT2D eigenvalue weighted by Gasteiger charge is 2.44. The van der Waals surface area contributed by atoms with Gasteiger partial charge in [0.1, 0.15) is 6.29 Å². The van der Waals surface area contributed by atoms with Crippen molar-refractivity contribution in [3.63, 3.8) is 0 Å². The lowest BCUT2D eigenvalue weighted by atomic mass is 9.91. The molecule has 0 bridgehead atoms. The fourth-order valence-corrected chi connectivity index (χ4v) is 4.15. The maximum atomic E-state index is 13.0. The Morgan fingerprint density at radius 1 is 1.17 bits per heavy atom. The molecule has 1 unspecified atom stereocenters. The highest BCUT2D eigenvalue weighted by atomic mass is 79.9. The van der Waals surface area contributed by atoms with E-state index < -0.39 is 21.5 Å². The van der Waals surface area contributed by atoms with Gasteiger partial charge in [-0.3, -0.25) is 4.79 Å². The number of hydrogen-bond donors (Lipinski definition) is 1. The zero-order valence-electron chi connectivity index (χ0n) is 16.6. The van der Waals surface area contributed by atoms with E-state index in [4.69, 9.17) is 4.74 Å². The average Bonchev–Trinajstić information content (AvgIpc) is 2.72. The first-order valence-corrected chi connectivity index (χ1v) is 11.3. The van der Waals surface area contributed by atoms with Gasteiger partial charge in [0.05, 0.1) is 11.5 Å². The van der Waals surface area contributed by atoms with Crippen molar-refractivity contribution in [3.8, 4) is 0 Å². The lowest BCUT2D eigenvalue weighted by Gasteiger charge is -2.29. The van der Waals surface area contributed by atoms with Crippen molar-refractivity contribution in [1.82, 2.24) is 4.72 Å². The molecule has 0 aliphatic rings. The van der Waals surface area contributed by atoms with E-state index in [-0.39, 0.29) is 17.1 Å². The SMILES string of the molecule is C=C(C=O)C(/C=C/c1ccc(Br)cc1)(NS(=O)(=O)c1ccc(C)cc1)C(=O)OCC. The third kappa shape index (κ3) is 5.53. The number of rotatable bonds is 9. The van der Waals surface area contributed by atoms with Gasteiger partial charge >= 0.3 is 5.97 Å². The van der Waals surface area contributed by atoms with Crippen LogP contribution in [0.2, 0.25) is 0 Å². The van der Waals surface area contributed by atoms with E-state index in [1.807, 2.05) is 6.92 Å². The van der Waals surface area contributed by atoms with Crippen LogP contribution in [0.1, 0.15) is 18.1 Å². The van der Waals surface area contributed by atoms with Gasteiger partial charge in [0.2, 0.25) is 10.0 Å². The van der Waals surface area contributed by atoms with Crippen molar-refractivity contribution in [1.29, 1.82) is 0 Å². The summed E-state index contributed by atoms with van der Waals surface area (Å²) in [4.78, 5) is 24.4. The number of carbonyl (C=O) groups excluding carboxylic acids is 2. The summed E-state index contributed by atoms with van der Waals surface area (Å²) in [6.45, 7) is 7.01. The van der Waals surface area contributed by atoms with Gasteiger partial charge in [-0.1, -0.05) is 58.4 Å². The Labute approximate surface area is 184 Å². The zero-order valence-corrected chi connectivity index (χ0v) is 19.0. The van der Waals surface area contributed by atoms with Crippen LogP contribution in [0.15, 0.2) is 76.1 Å². The van der Waals surface area contributed by atoms with Gasteiger partial charge in [-0.25, -0.2) is 13.2 Å². The van der Waals surface area contributed by atoms with Crippen LogP contribution in [0, 0.1) is 6.92 Å². The molecule has 8 heteroatoms. The van der Waals surface area contributed by atoms with Crippen molar-refractivity contribution < 1.29 is 22.7 Å². The first-order valence-electron chi connectivity index (χ1n) is 9.02. The van der Waals surface area contributed by atoms with E-state index in [0.29, 0.717) is 11.8 Å². The van der Waals surface area contributed by atoms with Crippen molar-refractivity contribution >= 4 is 44.3 Å². The van der Waals surface area contributed by atoms with Crippen molar-refractivity contribution in [2.24, 2.45) is 0 Å². The number of sulfonamides is 1. The van der Waals surface area contributed by atoms with E-state index in [2.05, 4.69) is 27.2 Å². The van der Waals surface area contributed by atoms with Crippen LogP contribution in [-0.2, 0) is 24.3 Å². The molecule has 1 N–H and O–H groups in total. The minimum Gasteiger partial charge on any atom is -0.464 e. The fourth-order valence-electron chi connectivity index (χ4n) is 2.57. The number of hydrogen-bond acceptors (Lipinski definition) is 5. The second-order valence-electron chi connectivity index (χ2n) is 6.48. The summed E-state index contributed by atoms with van der Waals surface area (Å²) in [6, 6.07) is 13.2. The number of carbonyl (C=O) groups is 2. The van der Waals surface area contributed by atoms with Gasteiger partial charge in [-0.05, 0) is 49.8 Å². The third-order valence-electron chi connectivity index (χ3n) is 4.27. The molecular weight excluding hydrogens is 470 g/mol. The molecule has 30 heavy (non-hydrogen) atoms. The molecular formula is C22H22BrNO5S. The van der Waals surface area contributed by atoms with Gasteiger partial charge in [-0.15, -0.1) is 0 Å². The molecule has 0 heterocycles. The number of ether oxygens (including phenoxy) is 1. The molecule has 1 atom stereocenters. The monoisotopic (exact) mass is 491 g/mol. The molecule has 2 rings (SSSR count). The number of nitrogens with one attached hydrogen (secondary N) is 1. The van der Waals surface area contributed by atoms with Gasteiger partial charge in [0.15, 0.2) is 5.54 Å². The lowest BCUT2D eigenvalue weighted by molar-refractivity contribution is -0.147. The van der Waals surface area contributed by atoms with E-state index >= 15 is 0 Å². The third-order valence-corrected chi connectivity index (χ3v) is 6.28. The Morgan fingerprint density at radius 3 is 2.30 bits per heavy atom. The summed E-state index contributed by atoms with van der Waals surface area (Å²) in [5, 5.41) is 0. The summed E-state index contributed by atoms with van der Waals surface area (Å²) >= 11 is 3.33. The summed E-state index contributed by atoms with van der Waals surface area (Å²) in [5.74, 6) is -0.953. The van der Waals surface area contributed by atoms with Gasteiger partial charge in [0, 0.05) is 10.0 Å². The molecule has 0 saturated heterocycles. The number of aldehydes is 1. The topological polar surface area (TPSA) is 89.5 Å². The molecule has 0 aromatic heterocycles. The highest BCUT2D eigenvalue weighted by molar-refractivity contribution is 9.10. The fraction of sp³-hybridized carbons (Fsp3) is 0.182. The van der Waals surface area contributed by atoms with E-state index in [0.717, 1.165) is 10.0 Å². The van der Waals surface area contributed by atoms with Crippen LogP contribution in [0.4, 0.5) is 0 Å². The Morgan fingerprint density at radius 2 is 1.77 bits per heavy atom. The maximum Gasteiger partial charge on any atom is 0.336 e. The molecule has 0 aliphatic heterocycles. The molecule has 6 nitrogen and oxygen atoms in total. The predicted molar refractivity (Wildman–Crippen MR) is 119 cm³/mol. The summed E-state index contributed by atoms with van der Waals surface area (Å²) < 4.78 is 34.3. The van der Waals surface area contributed by atoms with Gasteiger partial charge < -0.3 is 4.74 Å². The maximum absolute atomic E-state index is 13.0. The first-order chi connectivity index (χ1) is 14.1. The van der Waals surface area contributed by atoms with Crippen LogP contribution in [0.3, 0.4) is 0 Å². The summed E-state index contributed by atoms with van der Waals surface area (Å²) in [6.07, 6.45) is 3.13. The van der Waals surface area contributed by atoms with E-state index in [1.54, 1.807) is 43.3 Å². The van der Waals surface area contributed by atoms with Crippen molar-refractivity contribution in [2.45, 2.75) is 24.3 Å². The predicted octanol–water partition coefficient (Wildman–Crippen LogP) is 3.81. The van der Waals surface area contributed by atoms with Crippen LogP contribution < -0.4 is 4.72 Å².